The van der Waals surface area contributed by atoms with Crippen molar-refractivity contribution < 1.29 is 26.8 Å². The molecule has 0 N–H and O–H groups in total. The fourth-order valence-corrected chi connectivity index (χ4v) is 3.05. The highest BCUT2D eigenvalue weighted by molar-refractivity contribution is 7.90. The minimum Gasteiger partial charge on any atom is -0.434 e. The van der Waals surface area contributed by atoms with Gasteiger partial charge in [0.25, 0.3) is 10.0 Å². The standard InChI is InChI=1S/C11H12F2N2O4S/c1-3-18-15(2)10-9-7(19-11(12)13)5-4-6-8(9)20(16,17)14-10/h4-6,11H,3H2,1-2H3. The highest BCUT2D eigenvalue weighted by atomic mass is 32.2. The second-order valence-electron chi connectivity index (χ2n) is 3.81. The van der Waals surface area contributed by atoms with Crippen LogP contribution in [0.15, 0.2) is 27.5 Å². The fraction of sp³-hybridized carbons (Fsp3) is 0.364. The number of fused-ring (bicyclic) bond motifs is 1. The van der Waals surface area contributed by atoms with Gasteiger partial charge >= 0.3 is 6.61 Å². The summed E-state index contributed by atoms with van der Waals surface area (Å²) in [6, 6.07) is 3.84. The minimum absolute atomic E-state index is 0.0243. The Bertz CT molecular complexity index is 646. The molecule has 1 aromatic carbocycles. The molecule has 9 heteroatoms. The summed E-state index contributed by atoms with van der Waals surface area (Å²) in [7, 11) is -2.50. The van der Waals surface area contributed by atoms with Gasteiger partial charge in [-0.2, -0.15) is 17.2 Å². The van der Waals surface area contributed by atoms with Crippen molar-refractivity contribution >= 4 is 15.9 Å². The van der Waals surface area contributed by atoms with Gasteiger partial charge in [-0.3, -0.25) is 4.84 Å². The summed E-state index contributed by atoms with van der Waals surface area (Å²) < 4.78 is 56.5. The number of hydrogen-bond acceptors (Lipinski definition) is 5. The molecule has 0 radical (unpaired) electrons. The summed E-state index contributed by atoms with van der Waals surface area (Å²) in [5.74, 6) is -0.345. The third-order valence-electron chi connectivity index (χ3n) is 2.53. The van der Waals surface area contributed by atoms with E-state index in [-0.39, 0.29) is 28.7 Å². The summed E-state index contributed by atoms with van der Waals surface area (Å²) in [5, 5.41) is 1.11. The van der Waals surface area contributed by atoms with Crippen molar-refractivity contribution in [1.82, 2.24) is 5.06 Å². The Labute approximate surface area is 114 Å². The Morgan fingerprint density at radius 2 is 2.10 bits per heavy atom. The highest BCUT2D eigenvalue weighted by Gasteiger charge is 2.35. The molecule has 0 aliphatic carbocycles. The number of alkyl halides is 2. The molecule has 0 saturated carbocycles. The van der Waals surface area contributed by atoms with E-state index in [1.807, 2.05) is 0 Å². The number of ether oxygens (including phenoxy) is 1. The number of nitrogens with zero attached hydrogens (tertiary/aromatic N) is 2. The molecule has 0 aromatic heterocycles. The Kier molecular flexibility index (Phi) is 3.91. The first-order valence-corrected chi connectivity index (χ1v) is 7.10. The molecule has 1 aromatic rings. The topological polar surface area (TPSA) is 68.2 Å². The molecule has 0 unspecified atom stereocenters. The van der Waals surface area contributed by atoms with Gasteiger partial charge in [0.1, 0.15) is 10.6 Å². The molecular formula is C11H12F2N2O4S. The van der Waals surface area contributed by atoms with Crippen LogP contribution in [0.2, 0.25) is 0 Å². The van der Waals surface area contributed by atoms with E-state index in [0.29, 0.717) is 0 Å². The van der Waals surface area contributed by atoms with E-state index < -0.39 is 16.6 Å². The van der Waals surface area contributed by atoms with Crippen molar-refractivity contribution in [3.05, 3.63) is 23.8 Å². The maximum absolute atomic E-state index is 12.4. The van der Waals surface area contributed by atoms with Crippen LogP contribution in [0.1, 0.15) is 12.5 Å². The van der Waals surface area contributed by atoms with Crippen LogP contribution in [0.3, 0.4) is 0 Å². The maximum atomic E-state index is 12.4. The van der Waals surface area contributed by atoms with Crippen molar-refractivity contribution in [2.45, 2.75) is 18.4 Å². The Morgan fingerprint density at radius 3 is 2.70 bits per heavy atom. The van der Waals surface area contributed by atoms with Crippen LogP contribution >= 0.6 is 0 Å². The first-order chi connectivity index (χ1) is 9.36. The van der Waals surface area contributed by atoms with E-state index in [1.165, 1.54) is 25.2 Å². The number of hydrogen-bond donors (Lipinski definition) is 0. The first-order valence-electron chi connectivity index (χ1n) is 5.66. The molecule has 0 bridgehead atoms. The summed E-state index contributed by atoms with van der Waals surface area (Å²) in [6.07, 6.45) is 0. The molecular weight excluding hydrogens is 294 g/mol. The van der Waals surface area contributed by atoms with Crippen molar-refractivity contribution in [1.29, 1.82) is 0 Å². The quantitative estimate of drug-likeness (QED) is 0.791. The van der Waals surface area contributed by atoms with Gasteiger partial charge in [-0.05, 0) is 19.1 Å². The Morgan fingerprint density at radius 1 is 1.40 bits per heavy atom. The van der Waals surface area contributed by atoms with Gasteiger partial charge < -0.3 is 4.74 Å². The lowest BCUT2D eigenvalue weighted by Crippen LogP contribution is -2.27. The van der Waals surface area contributed by atoms with Crippen LogP contribution < -0.4 is 4.74 Å². The number of halogens is 2. The first kappa shape index (κ1) is 14.7. The van der Waals surface area contributed by atoms with Gasteiger partial charge in [0.05, 0.1) is 12.2 Å². The maximum Gasteiger partial charge on any atom is 0.387 e. The zero-order valence-corrected chi connectivity index (χ0v) is 11.5. The molecule has 0 saturated heterocycles. The van der Waals surface area contributed by atoms with E-state index in [2.05, 4.69) is 9.13 Å². The number of hydroxylamine groups is 2. The van der Waals surface area contributed by atoms with Crippen LogP contribution in [0.25, 0.3) is 0 Å². The third kappa shape index (κ3) is 2.59. The number of benzene rings is 1. The summed E-state index contributed by atoms with van der Waals surface area (Å²) >= 11 is 0. The van der Waals surface area contributed by atoms with Crippen molar-refractivity contribution in [3.63, 3.8) is 0 Å². The predicted molar refractivity (Wildman–Crippen MR) is 66.2 cm³/mol. The van der Waals surface area contributed by atoms with Crippen LogP contribution in [0.4, 0.5) is 8.78 Å². The fourth-order valence-electron chi connectivity index (χ4n) is 1.82. The number of sulfonamides is 1. The smallest absolute Gasteiger partial charge is 0.387 e. The van der Waals surface area contributed by atoms with Crippen LogP contribution in [-0.2, 0) is 14.9 Å². The van der Waals surface area contributed by atoms with Gasteiger partial charge in [0, 0.05) is 7.05 Å². The summed E-state index contributed by atoms with van der Waals surface area (Å²) in [5.41, 5.74) is -0.0243. The SMILES string of the molecule is CCON(C)C1=NS(=O)(=O)c2cccc(OC(F)F)c21. The molecule has 0 fully saturated rings. The highest BCUT2D eigenvalue weighted by Crippen LogP contribution is 2.35. The Hall–Kier alpha value is -1.74. The second-order valence-corrected chi connectivity index (χ2v) is 5.39. The predicted octanol–water partition coefficient (Wildman–Crippen LogP) is 1.62. The molecule has 110 valence electrons. The largest absolute Gasteiger partial charge is 0.434 e. The van der Waals surface area contributed by atoms with Crippen molar-refractivity contribution in [3.8, 4) is 5.75 Å². The van der Waals surface area contributed by atoms with Gasteiger partial charge in [-0.15, -0.1) is 4.40 Å². The van der Waals surface area contributed by atoms with Gasteiger partial charge in [0.2, 0.25) is 0 Å². The molecule has 0 amide bonds. The van der Waals surface area contributed by atoms with E-state index in [4.69, 9.17) is 4.84 Å². The van der Waals surface area contributed by atoms with E-state index in [1.54, 1.807) is 6.92 Å². The molecule has 1 aliphatic rings. The minimum atomic E-state index is -3.93. The zero-order valence-electron chi connectivity index (χ0n) is 10.7. The number of amidine groups is 1. The molecule has 6 nitrogen and oxygen atoms in total. The summed E-state index contributed by atoms with van der Waals surface area (Å²) in [4.78, 5) is 4.95. The second kappa shape index (κ2) is 5.33. The molecule has 0 spiro atoms. The lowest BCUT2D eigenvalue weighted by atomic mass is 10.2. The van der Waals surface area contributed by atoms with E-state index >= 15 is 0 Å². The lowest BCUT2D eigenvalue weighted by Gasteiger charge is -2.18. The Balaban J connectivity index is 2.57. The van der Waals surface area contributed by atoms with Crippen molar-refractivity contribution in [2.24, 2.45) is 4.40 Å². The van der Waals surface area contributed by atoms with Crippen LogP contribution in [-0.4, -0.2) is 39.6 Å². The van der Waals surface area contributed by atoms with E-state index in [0.717, 1.165) is 5.06 Å². The van der Waals surface area contributed by atoms with Crippen LogP contribution in [0.5, 0.6) is 5.75 Å². The normalized spacial score (nSPS) is 15.9. The third-order valence-corrected chi connectivity index (χ3v) is 3.84. The zero-order chi connectivity index (χ0) is 14.9. The number of rotatable bonds is 4. The van der Waals surface area contributed by atoms with Gasteiger partial charge in [-0.25, -0.2) is 5.06 Å². The molecule has 20 heavy (non-hydrogen) atoms. The average Bonchev–Trinajstić information content (AvgIpc) is 2.63. The lowest BCUT2D eigenvalue weighted by molar-refractivity contribution is -0.0729. The molecule has 0 atom stereocenters. The molecule has 2 rings (SSSR count). The molecule has 1 heterocycles. The van der Waals surface area contributed by atoms with Gasteiger partial charge in [-0.1, -0.05) is 6.07 Å². The van der Waals surface area contributed by atoms with Gasteiger partial charge in [0.15, 0.2) is 5.84 Å². The average molecular weight is 306 g/mol. The summed E-state index contributed by atoms with van der Waals surface area (Å²) in [6.45, 7) is -1.10. The van der Waals surface area contributed by atoms with E-state index in [9.17, 15) is 17.2 Å². The van der Waals surface area contributed by atoms with Crippen LogP contribution in [0, 0.1) is 0 Å². The molecule has 1 aliphatic heterocycles. The van der Waals surface area contributed by atoms with Crippen molar-refractivity contribution in [2.75, 3.05) is 13.7 Å². The monoisotopic (exact) mass is 306 g/mol.